The van der Waals surface area contributed by atoms with Gasteiger partial charge in [0.15, 0.2) is 5.78 Å². The molecule has 0 radical (unpaired) electrons. The first-order chi connectivity index (χ1) is 9.64. The van der Waals surface area contributed by atoms with Crippen molar-refractivity contribution in [1.29, 1.82) is 0 Å². The molecule has 0 bridgehead atoms. The quantitative estimate of drug-likeness (QED) is 0.854. The molecule has 0 atom stereocenters. The summed E-state index contributed by atoms with van der Waals surface area (Å²) in [5.41, 5.74) is 1.42. The molecule has 3 rings (SSSR count). The number of halogens is 1. The van der Waals surface area contributed by atoms with Gasteiger partial charge in [-0.25, -0.2) is 0 Å². The number of Topliss-reactive ketones (excluding diaryl/α,β-unsaturated/α-hetero) is 1. The zero-order valence-electron chi connectivity index (χ0n) is 11.7. The molecular formula is C16H19ClO3. The zero-order chi connectivity index (χ0) is 14.2. The molecule has 2 aliphatic rings. The van der Waals surface area contributed by atoms with Crippen molar-refractivity contribution in [2.45, 2.75) is 44.1 Å². The predicted molar refractivity (Wildman–Crippen MR) is 77.6 cm³/mol. The lowest BCUT2D eigenvalue weighted by Crippen LogP contribution is -2.38. The second-order valence-electron chi connectivity index (χ2n) is 5.66. The van der Waals surface area contributed by atoms with E-state index in [4.69, 9.17) is 21.1 Å². The van der Waals surface area contributed by atoms with Gasteiger partial charge in [-0.1, -0.05) is 11.6 Å². The normalized spacial score (nSPS) is 19.7. The van der Waals surface area contributed by atoms with E-state index in [9.17, 15) is 4.79 Å². The summed E-state index contributed by atoms with van der Waals surface area (Å²) in [5.74, 6) is 1.00. The third-order valence-corrected chi connectivity index (χ3v) is 4.70. The third-order valence-electron chi connectivity index (χ3n) is 4.49. The largest absolute Gasteiger partial charge is 0.493 e. The standard InChI is InChI=1S/C16H19ClO3/c1-19-16(5-2-3-6-16)14(18)10-12-9-13(17)8-11-4-7-20-15(11)12/h8-9H,2-7,10H2,1H3. The van der Waals surface area contributed by atoms with Gasteiger partial charge in [-0.15, -0.1) is 0 Å². The Morgan fingerprint density at radius 3 is 2.85 bits per heavy atom. The number of rotatable bonds is 4. The average molecular weight is 295 g/mol. The van der Waals surface area contributed by atoms with Crippen LogP contribution in [-0.4, -0.2) is 25.1 Å². The number of benzene rings is 1. The Kier molecular flexibility index (Phi) is 3.74. The molecule has 0 aromatic heterocycles. The van der Waals surface area contributed by atoms with Crippen molar-refractivity contribution in [3.8, 4) is 5.75 Å². The average Bonchev–Trinajstić information content (AvgIpc) is 3.07. The van der Waals surface area contributed by atoms with Crippen molar-refractivity contribution in [1.82, 2.24) is 0 Å². The van der Waals surface area contributed by atoms with Crippen molar-refractivity contribution < 1.29 is 14.3 Å². The molecule has 4 heteroatoms. The van der Waals surface area contributed by atoms with Crippen LogP contribution in [0.3, 0.4) is 0 Å². The molecule has 1 heterocycles. The Hall–Kier alpha value is -1.06. The zero-order valence-corrected chi connectivity index (χ0v) is 12.5. The Labute approximate surface area is 124 Å². The molecule has 1 saturated carbocycles. The number of carbonyl (C=O) groups is 1. The molecule has 108 valence electrons. The third kappa shape index (κ3) is 2.33. The SMILES string of the molecule is COC1(C(=O)Cc2cc(Cl)cc3c2OCC3)CCCC1. The van der Waals surface area contributed by atoms with E-state index < -0.39 is 5.60 Å². The topological polar surface area (TPSA) is 35.5 Å². The molecule has 0 N–H and O–H groups in total. The number of methoxy groups -OCH3 is 1. The number of carbonyl (C=O) groups excluding carboxylic acids is 1. The Balaban J connectivity index is 1.86. The van der Waals surface area contributed by atoms with E-state index in [0.29, 0.717) is 18.1 Å². The molecule has 1 aromatic carbocycles. The number of ether oxygens (including phenoxy) is 2. The number of hydrogen-bond acceptors (Lipinski definition) is 3. The summed E-state index contributed by atoms with van der Waals surface area (Å²) in [6, 6.07) is 3.78. The van der Waals surface area contributed by atoms with Gasteiger partial charge >= 0.3 is 0 Å². The summed E-state index contributed by atoms with van der Waals surface area (Å²) in [6.07, 6.45) is 4.98. The van der Waals surface area contributed by atoms with E-state index in [0.717, 1.165) is 49.0 Å². The van der Waals surface area contributed by atoms with Crippen LogP contribution in [-0.2, 0) is 22.4 Å². The van der Waals surface area contributed by atoms with Gasteiger partial charge < -0.3 is 9.47 Å². The summed E-state index contributed by atoms with van der Waals surface area (Å²) < 4.78 is 11.2. The van der Waals surface area contributed by atoms with Crippen molar-refractivity contribution >= 4 is 17.4 Å². The highest BCUT2D eigenvalue weighted by Gasteiger charge is 2.41. The molecule has 0 spiro atoms. The lowest BCUT2D eigenvalue weighted by atomic mass is 9.90. The van der Waals surface area contributed by atoms with Crippen molar-refractivity contribution in [2.24, 2.45) is 0 Å². The molecule has 3 nitrogen and oxygen atoms in total. The number of ketones is 1. The van der Waals surface area contributed by atoms with E-state index in [1.54, 1.807) is 7.11 Å². The van der Waals surface area contributed by atoms with Crippen LogP contribution in [0.2, 0.25) is 5.02 Å². The van der Waals surface area contributed by atoms with Gasteiger partial charge in [0.25, 0.3) is 0 Å². The number of hydrogen-bond donors (Lipinski definition) is 0. The van der Waals surface area contributed by atoms with Crippen molar-refractivity contribution in [2.75, 3.05) is 13.7 Å². The van der Waals surface area contributed by atoms with E-state index in [1.165, 1.54) is 0 Å². The summed E-state index contributed by atoms with van der Waals surface area (Å²) in [7, 11) is 1.64. The van der Waals surface area contributed by atoms with Crippen LogP contribution in [0.15, 0.2) is 12.1 Å². The van der Waals surface area contributed by atoms with Gasteiger partial charge in [-0.2, -0.15) is 0 Å². The van der Waals surface area contributed by atoms with Gasteiger partial charge in [0.05, 0.1) is 6.61 Å². The summed E-state index contributed by atoms with van der Waals surface area (Å²) in [4.78, 5) is 12.7. The minimum atomic E-state index is -0.589. The maximum atomic E-state index is 12.7. The summed E-state index contributed by atoms with van der Waals surface area (Å²) in [6.45, 7) is 0.673. The molecule has 20 heavy (non-hydrogen) atoms. The van der Waals surface area contributed by atoms with E-state index >= 15 is 0 Å². The van der Waals surface area contributed by atoms with Crippen LogP contribution in [0, 0.1) is 0 Å². The fourth-order valence-corrected chi connectivity index (χ4v) is 3.62. The maximum Gasteiger partial charge on any atom is 0.169 e. The monoisotopic (exact) mass is 294 g/mol. The Bertz CT molecular complexity index is 533. The fraction of sp³-hybridized carbons (Fsp3) is 0.562. The van der Waals surface area contributed by atoms with Crippen molar-refractivity contribution in [3.63, 3.8) is 0 Å². The highest BCUT2D eigenvalue weighted by atomic mass is 35.5. The van der Waals surface area contributed by atoms with E-state index in [-0.39, 0.29) is 5.78 Å². The summed E-state index contributed by atoms with van der Waals surface area (Å²) >= 11 is 6.14. The van der Waals surface area contributed by atoms with Gasteiger partial charge in [-0.3, -0.25) is 4.79 Å². The molecular weight excluding hydrogens is 276 g/mol. The van der Waals surface area contributed by atoms with Crippen LogP contribution in [0.4, 0.5) is 0 Å². The second kappa shape index (κ2) is 5.38. The first kappa shape index (κ1) is 13.9. The van der Waals surface area contributed by atoms with Crippen molar-refractivity contribution in [3.05, 3.63) is 28.3 Å². The molecule has 1 fully saturated rings. The van der Waals surface area contributed by atoms with E-state index in [2.05, 4.69) is 0 Å². The molecule has 1 aromatic rings. The predicted octanol–water partition coefficient (Wildman–Crippen LogP) is 3.35. The first-order valence-corrected chi connectivity index (χ1v) is 7.55. The Morgan fingerprint density at radius 2 is 2.15 bits per heavy atom. The first-order valence-electron chi connectivity index (χ1n) is 7.17. The van der Waals surface area contributed by atoms with Gasteiger partial charge in [-0.05, 0) is 43.4 Å². The smallest absolute Gasteiger partial charge is 0.169 e. The number of fused-ring (bicyclic) bond motifs is 1. The highest BCUT2D eigenvalue weighted by Crippen LogP contribution is 2.37. The maximum absolute atomic E-state index is 12.7. The minimum absolute atomic E-state index is 0.150. The summed E-state index contributed by atoms with van der Waals surface area (Å²) in [5, 5.41) is 0.676. The van der Waals surface area contributed by atoms with Gasteiger partial charge in [0.1, 0.15) is 11.4 Å². The lowest BCUT2D eigenvalue weighted by molar-refractivity contribution is -0.139. The molecule has 0 amide bonds. The van der Waals surface area contributed by atoms with Crippen LogP contribution in [0.25, 0.3) is 0 Å². The fourth-order valence-electron chi connectivity index (χ4n) is 3.35. The van der Waals surface area contributed by atoms with Crippen LogP contribution >= 0.6 is 11.6 Å². The second-order valence-corrected chi connectivity index (χ2v) is 6.09. The lowest BCUT2D eigenvalue weighted by Gasteiger charge is -2.26. The minimum Gasteiger partial charge on any atom is -0.493 e. The van der Waals surface area contributed by atoms with Gasteiger partial charge in [0.2, 0.25) is 0 Å². The van der Waals surface area contributed by atoms with Gasteiger partial charge in [0, 0.05) is 30.5 Å². The molecule has 0 unspecified atom stereocenters. The molecule has 0 saturated heterocycles. The van der Waals surface area contributed by atoms with Crippen LogP contribution in [0.5, 0.6) is 5.75 Å². The van der Waals surface area contributed by atoms with E-state index in [1.807, 2.05) is 12.1 Å². The molecule has 1 aliphatic heterocycles. The highest BCUT2D eigenvalue weighted by molar-refractivity contribution is 6.30. The van der Waals surface area contributed by atoms with Crippen LogP contribution in [0.1, 0.15) is 36.8 Å². The Morgan fingerprint density at radius 1 is 1.40 bits per heavy atom. The molecule has 1 aliphatic carbocycles. The van der Waals surface area contributed by atoms with Crippen LogP contribution < -0.4 is 4.74 Å².